The van der Waals surface area contributed by atoms with Crippen LogP contribution < -0.4 is 5.32 Å². The van der Waals surface area contributed by atoms with Gasteiger partial charge in [0.15, 0.2) is 11.5 Å². The predicted molar refractivity (Wildman–Crippen MR) is 116 cm³/mol. The van der Waals surface area contributed by atoms with Crippen molar-refractivity contribution >= 4 is 29.0 Å². The summed E-state index contributed by atoms with van der Waals surface area (Å²) in [6.45, 7) is 3.55. The number of nitrogens with zero attached hydrogens (tertiary/aromatic N) is 6. The number of nitrogens with one attached hydrogen (secondary N) is 1. The van der Waals surface area contributed by atoms with E-state index in [1.54, 1.807) is 42.3 Å². The fourth-order valence-corrected chi connectivity index (χ4v) is 5.00. The van der Waals surface area contributed by atoms with Crippen LogP contribution in [0.5, 0.6) is 0 Å². The van der Waals surface area contributed by atoms with Crippen molar-refractivity contribution in [2.45, 2.75) is 32.1 Å². The first-order valence-corrected chi connectivity index (χ1v) is 10.9. The predicted octanol–water partition coefficient (Wildman–Crippen LogP) is 4.58. The zero-order valence-corrected chi connectivity index (χ0v) is 19.0. The van der Waals surface area contributed by atoms with E-state index in [2.05, 4.69) is 25.5 Å². The van der Waals surface area contributed by atoms with E-state index in [0.29, 0.717) is 17.2 Å². The van der Waals surface area contributed by atoms with Crippen molar-refractivity contribution < 1.29 is 22.5 Å². The number of carbonyl (C=O) groups is 1. The number of alkyl halides is 3. The first-order chi connectivity index (χ1) is 16.0. The van der Waals surface area contributed by atoms with Crippen molar-refractivity contribution in [2.75, 3.05) is 5.32 Å². The van der Waals surface area contributed by atoms with E-state index in [-0.39, 0.29) is 18.2 Å². The molecule has 4 aromatic heterocycles. The second-order valence-electron chi connectivity index (χ2n) is 8.21. The van der Waals surface area contributed by atoms with E-state index < -0.39 is 17.4 Å². The van der Waals surface area contributed by atoms with Crippen LogP contribution in [0.3, 0.4) is 0 Å². The standard InChI is InChI=1S/C21H18F3N7O2S/c1-20(2)17-12(18(32)31(20)10-11-8-15(29-33-11)21(22,23)24)9-14(34-17)13-4-6-25-19(27-13)28-16-5-7-26-30(16)3/h4-9H,10H2,1-3H3,(H,25,27,28). The number of rotatable bonds is 5. The molecule has 1 N–H and O–H groups in total. The van der Waals surface area contributed by atoms with Gasteiger partial charge < -0.3 is 14.7 Å². The van der Waals surface area contributed by atoms with Crippen LogP contribution in [0, 0.1) is 0 Å². The number of anilines is 2. The monoisotopic (exact) mass is 489 g/mol. The van der Waals surface area contributed by atoms with Crippen molar-refractivity contribution in [3.8, 4) is 10.6 Å². The summed E-state index contributed by atoms with van der Waals surface area (Å²) in [5, 5.41) is 10.3. The van der Waals surface area contributed by atoms with Crippen molar-refractivity contribution in [3.63, 3.8) is 0 Å². The lowest BCUT2D eigenvalue weighted by Gasteiger charge is -2.31. The molecule has 1 aliphatic heterocycles. The molecule has 0 aliphatic carbocycles. The largest absolute Gasteiger partial charge is 0.436 e. The van der Waals surface area contributed by atoms with Gasteiger partial charge in [-0.1, -0.05) is 5.16 Å². The molecular weight excluding hydrogens is 471 g/mol. The zero-order chi connectivity index (χ0) is 24.3. The molecule has 0 spiro atoms. The molecule has 1 aliphatic rings. The summed E-state index contributed by atoms with van der Waals surface area (Å²) in [7, 11) is 1.79. The third-order valence-corrected chi connectivity index (χ3v) is 7.04. The second kappa shape index (κ2) is 7.65. The van der Waals surface area contributed by atoms with Gasteiger partial charge in [-0.2, -0.15) is 18.3 Å². The van der Waals surface area contributed by atoms with Gasteiger partial charge in [0.25, 0.3) is 5.91 Å². The molecule has 0 aromatic carbocycles. The number of aromatic nitrogens is 5. The van der Waals surface area contributed by atoms with Crippen LogP contribution in [0.15, 0.2) is 41.2 Å². The lowest BCUT2D eigenvalue weighted by atomic mass is 10.0. The molecule has 1 amide bonds. The topological polar surface area (TPSA) is 102 Å². The van der Waals surface area contributed by atoms with Crippen molar-refractivity contribution in [3.05, 3.63) is 58.6 Å². The summed E-state index contributed by atoms with van der Waals surface area (Å²) in [5.41, 5.74) is -0.758. The lowest BCUT2D eigenvalue weighted by Crippen LogP contribution is -2.38. The number of carbonyl (C=O) groups excluding carboxylic acids is 1. The molecule has 0 saturated heterocycles. The molecule has 0 radical (unpaired) electrons. The highest BCUT2D eigenvalue weighted by atomic mass is 32.1. The summed E-state index contributed by atoms with van der Waals surface area (Å²) in [4.78, 5) is 25.0. The van der Waals surface area contributed by atoms with Gasteiger partial charge in [0, 0.05) is 30.3 Å². The molecule has 0 saturated carbocycles. The van der Waals surface area contributed by atoms with E-state index in [0.717, 1.165) is 21.6 Å². The number of fused-ring (bicyclic) bond motifs is 1. The van der Waals surface area contributed by atoms with E-state index in [1.165, 1.54) is 16.2 Å². The molecule has 5 rings (SSSR count). The summed E-state index contributed by atoms with van der Waals surface area (Å²) < 4.78 is 45.0. The Hall–Kier alpha value is -3.74. The highest BCUT2D eigenvalue weighted by Crippen LogP contribution is 2.46. The maximum absolute atomic E-state index is 13.2. The van der Waals surface area contributed by atoms with Crippen LogP contribution >= 0.6 is 11.3 Å². The summed E-state index contributed by atoms with van der Waals surface area (Å²) in [6.07, 6.45) is -1.34. The zero-order valence-electron chi connectivity index (χ0n) is 18.2. The number of amides is 1. The molecule has 0 atom stereocenters. The fraction of sp³-hybridized carbons (Fsp3) is 0.286. The number of hydrogen-bond acceptors (Lipinski definition) is 8. The van der Waals surface area contributed by atoms with E-state index in [1.807, 2.05) is 13.8 Å². The van der Waals surface area contributed by atoms with Gasteiger partial charge in [0.1, 0.15) is 5.82 Å². The summed E-state index contributed by atoms with van der Waals surface area (Å²) in [5.74, 6) is 0.770. The van der Waals surface area contributed by atoms with Crippen molar-refractivity contribution in [1.82, 2.24) is 29.8 Å². The fourth-order valence-electron chi connectivity index (χ4n) is 3.77. The van der Waals surface area contributed by atoms with Crippen LogP contribution in [-0.2, 0) is 25.3 Å². The summed E-state index contributed by atoms with van der Waals surface area (Å²) in [6, 6.07) is 6.11. The molecule has 5 heterocycles. The number of halogens is 3. The Morgan fingerprint density at radius 2 is 2.00 bits per heavy atom. The Morgan fingerprint density at radius 3 is 2.65 bits per heavy atom. The second-order valence-corrected chi connectivity index (χ2v) is 9.26. The number of thiophene rings is 1. The minimum absolute atomic E-state index is 0.0363. The average Bonchev–Trinajstić information content (AvgIpc) is 3.53. The van der Waals surface area contributed by atoms with Gasteiger partial charge in [-0.05, 0) is 26.0 Å². The summed E-state index contributed by atoms with van der Waals surface area (Å²) >= 11 is 1.41. The van der Waals surface area contributed by atoms with E-state index in [4.69, 9.17) is 4.52 Å². The first kappa shape index (κ1) is 22.1. The number of hydrogen-bond donors (Lipinski definition) is 1. The van der Waals surface area contributed by atoms with E-state index in [9.17, 15) is 18.0 Å². The molecule has 4 aromatic rings. The van der Waals surface area contributed by atoms with Crippen molar-refractivity contribution in [1.29, 1.82) is 0 Å². The van der Waals surface area contributed by atoms with Gasteiger partial charge in [-0.25, -0.2) is 9.97 Å². The van der Waals surface area contributed by atoms with Gasteiger partial charge in [-0.3, -0.25) is 9.48 Å². The van der Waals surface area contributed by atoms with Gasteiger partial charge >= 0.3 is 6.18 Å². The van der Waals surface area contributed by atoms with Crippen LogP contribution in [0.2, 0.25) is 0 Å². The van der Waals surface area contributed by atoms with Crippen molar-refractivity contribution in [2.24, 2.45) is 7.05 Å². The minimum Gasteiger partial charge on any atom is -0.359 e. The Bertz CT molecular complexity index is 1390. The van der Waals surface area contributed by atoms with Gasteiger partial charge in [0.2, 0.25) is 5.95 Å². The number of aryl methyl sites for hydroxylation is 1. The van der Waals surface area contributed by atoms with E-state index >= 15 is 0 Å². The maximum Gasteiger partial charge on any atom is 0.436 e. The van der Waals surface area contributed by atoms with Crippen LogP contribution in [0.4, 0.5) is 24.9 Å². The quantitative estimate of drug-likeness (QED) is 0.438. The van der Waals surface area contributed by atoms with Crippen LogP contribution in [-0.4, -0.2) is 35.7 Å². The van der Waals surface area contributed by atoms with Gasteiger partial charge in [0.05, 0.1) is 34.4 Å². The molecule has 0 unspecified atom stereocenters. The molecule has 9 nitrogen and oxygen atoms in total. The molecule has 34 heavy (non-hydrogen) atoms. The highest BCUT2D eigenvalue weighted by molar-refractivity contribution is 7.16. The highest BCUT2D eigenvalue weighted by Gasteiger charge is 2.46. The molecular formula is C21H18F3N7O2S. The maximum atomic E-state index is 13.2. The third kappa shape index (κ3) is 3.71. The lowest BCUT2D eigenvalue weighted by molar-refractivity contribution is -0.142. The molecule has 0 fully saturated rings. The van der Waals surface area contributed by atoms with Crippen LogP contribution in [0.25, 0.3) is 10.6 Å². The van der Waals surface area contributed by atoms with Crippen LogP contribution in [0.1, 0.15) is 40.5 Å². The molecule has 13 heteroatoms. The Kier molecular flexibility index (Phi) is 4.97. The van der Waals surface area contributed by atoms with Gasteiger partial charge in [-0.15, -0.1) is 11.3 Å². The third-order valence-electron chi connectivity index (χ3n) is 5.57. The molecule has 0 bridgehead atoms. The SMILES string of the molecule is Cn1nccc1Nc1nccc(-c2cc3c(s2)C(C)(C)N(Cc2cc(C(F)(F)F)no2)C3=O)n1. The Balaban J connectivity index is 1.40. The Labute approximate surface area is 195 Å². The minimum atomic E-state index is -4.61. The smallest absolute Gasteiger partial charge is 0.359 e. The normalized spacial score (nSPS) is 15.1. The molecule has 176 valence electrons. The average molecular weight is 489 g/mol. The Morgan fingerprint density at radius 1 is 1.21 bits per heavy atom. The first-order valence-electron chi connectivity index (χ1n) is 10.1.